The molecule has 0 aliphatic heterocycles. The topological polar surface area (TPSA) is 38.3 Å². The lowest BCUT2D eigenvalue weighted by molar-refractivity contribution is -0.123. The minimum Gasteiger partial charge on any atom is -0.484 e. The van der Waals surface area contributed by atoms with Crippen LogP contribution in [-0.2, 0) is 11.2 Å². The number of nitrogens with one attached hydrogen (secondary N) is 1. The van der Waals surface area contributed by atoms with Gasteiger partial charge >= 0.3 is 0 Å². The molecule has 2 aromatic rings. The minimum atomic E-state index is -0.121. The zero-order valence-corrected chi connectivity index (χ0v) is 13.4. The second-order valence-electron chi connectivity index (χ2n) is 5.19. The van der Waals surface area contributed by atoms with Gasteiger partial charge < -0.3 is 10.1 Å². The predicted octanol–water partition coefficient (Wildman–Crippen LogP) is 3.78. The van der Waals surface area contributed by atoms with Crippen LogP contribution in [0.15, 0.2) is 48.5 Å². The molecule has 0 aromatic heterocycles. The molecule has 2 aromatic carbocycles. The van der Waals surface area contributed by atoms with Gasteiger partial charge in [0.1, 0.15) is 5.75 Å². The smallest absolute Gasteiger partial charge is 0.257 e. The highest BCUT2D eigenvalue weighted by atomic mass is 35.5. The van der Waals surface area contributed by atoms with E-state index in [0.717, 1.165) is 12.8 Å². The van der Waals surface area contributed by atoms with Gasteiger partial charge in [0, 0.05) is 11.6 Å². The average Bonchev–Trinajstić information content (AvgIpc) is 2.51. The lowest BCUT2D eigenvalue weighted by atomic mass is 10.1. The molecule has 2 rings (SSSR count). The van der Waals surface area contributed by atoms with Gasteiger partial charge in [-0.15, -0.1) is 0 Å². The van der Waals surface area contributed by atoms with Crippen molar-refractivity contribution in [1.82, 2.24) is 5.32 Å². The van der Waals surface area contributed by atoms with E-state index in [-0.39, 0.29) is 12.5 Å². The van der Waals surface area contributed by atoms with Gasteiger partial charge in [0.15, 0.2) is 6.61 Å². The predicted molar refractivity (Wildman–Crippen MR) is 89.5 cm³/mol. The lowest BCUT2D eigenvalue weighted by Crippen LogP contribution is -2.29. The van der Waals surface area contributed by atoms with Crippen LogP contribution in [0.1, 0.15) is 17.5 Å². The van der Waals surface area contributed by atoms with Crippen molar-refractivity contribution < 1.29 is 9.53 Å². The largest absolute Gasteiger partial charge is 0.484 e. The molecule has 0 aliphatic rings. The van der Waals surface area contributed by atoms with Gasteiger partial charge in [-0.3, -0.25) is 4.79 Å². The van der Waals surface area contributed by atoms with E-state index in [1.165, 1.54) is 11.1 Å². The Morgan fingerprint density at radius 1 is 1.18 bits per heavy atom. The summed E-state index contributed by atoms with van der Waals surface area (Å²) in [5.41, 5.74) is 2.55. The van der Waals surface area contributed by atoms with Gasteiger partial charge in [-0.1, -0.05) is 47.5 Å². The number of hydrogen-bond acceptors (Lipinski definition) is 2. The van der Waals surface area contributed by atoms with E-state index in [9.17, 15) is 4.79 Å². The molecule has 0 spiro atoms. The van der Waals surface area contributed by atoms with Crippen LogP contribution in [0.2, 0.25) is 5.02 Å². The number of carbonyl (C=O) groups excluding carboxylic acids is 1. The molecule has 0 heterocycles. The Bertz CT molecular complexity index is 611. The zero-order chi connectivity index (χ0) is 15.8. The van der Waals surface area contributed by atoms with Crippen molar-refractivity contribution in [3.05, 3.63) is 64.7 Å². The molecule has 22 heavy (non-hydrogen) atoms. The van der Waals surface area contributed by atoms with E-state index < -0.39 is 0 Å². The summed E-state index contributed by atoms with van der Waals surface area (Å²) in [6.07, 6.45) is 1.86. The van der Waals surface area contributed by atoms with Crippen LogP contribution in [-0.4, -0.2) is 19.1 Å². The van der Waals surface area contributed by atoms with Crippen LogP contribution < -0.4 is 10.1 Å². The van der Waals surface area contributed by atoms with Gasteiger partial charge in [0.2, 0.25) is 0 Å². The van der Waals surface area contributed by atoms with Crippen molar-refractivity contribution in [2.75, 3.05) is 13.2 Å². The standard InChI is InChI=1S/C18H20ClNO2/c1-14-7-9-15(10-8-14)4-3-11-20-18(21)13-22-17-6-2-5-16(19)12-17/h2,5-10,12H,3-4,11,13H2,1H3,(H,20,21). The van der Waals surface area contributed by atoms with Gasteiger partial charge in [0.25, 0.3) is 5.91 Å². The van der Waals surface area contributed by atoms with Crippen LogP contribution in [0.25, 0.3) is 0 Å². The fourth-order valence-electron chi connectivity index (χ4n) is 2.03. The van der Waals surface area contributed by atoms with Gasteiger partial charge in [0.05, 0.1) is 0 Å². The quantitative estimate of drug-likeness (QED) is 0.789. The summed E-state index contributed by atoms with van der Waals surface area (Å²) in [6, 6.07) is 15.5. The summed E-state index contributed by atoms with van der Waals surface area (Å²) in [5, 5.41) is 3.45. The van der Waals surface area contributed by atoms with Gasteiger partial charge in [-0.05, 0) is 43.5 Å². The average molecular weight is 318 g/mol. The van der Waals surface area contributed by atoms with E-state index in [0.29, 0.717) is 17.3 Å². The van der Waals surface area contributed by atoms with E-state index in [2.05, 4.69) is 36.5 Å². The maximum atomic E-state index is 11.7. The van der Waals surface area contributed by atoms with E-state index in [1.807, 2.05) is 0 Å². The Kier molecular flexibility index (Phi) is 6.28. The second kappa shape index (κ2) is 8.44. The summed E-state index contributed by atoms with van der Waals surface area (Å²) >= 11 is 5.85. The fourth-order valence-corrected chi connectivity index (χ4v) is 2.21. The Hall–Kier alpha value is -2.00. The Balaban J connectivity index is 1.62. The Morgan fingerprint density at radius 3 is 2.68 bits per heavy atom. The number of aryl methyl sites for hydroxylation is 2. The number of ether oxygens (including phenoxy) is 1. The number of hydrogen-bond donors (Lipinski definition) is 1. The summed E-state index contributed by atoms with van der Waals surface area (Å²) < 4.78 is 5.38. The van der Waals surface area contributed by atoms with Crippen LogP contribution in [0.3, 0.4) is 0 Å². The summed E-state index contributed by atoms with van der Waals surface area (Å²) in [5.74, 6) is 0.478. The zero-order valence-electron chi connectivity index (χ0n) is 12.6. The van der Waals surface area contributed by atoms with Crippen molar-refractivity contribution in [2.24, 2.45) is 0 Å². The van der Waals surface area contributed by atoms with Crippen LogP contribution in [0.4, 0.5) is 0 Å². The normalized spacial score (nSPS) is 10.3. The van der Waals surface area contributed by atoms with Crippen molar-refractivity contribution in [2.45, 2.75) is 19.8 Å². The number of amides is 1. The number of benzene rings is 2. The number of rotatable bonds is 7. The maximum Gasteiger partial charge on any atom is 0.257 e. The molecule has 0 saturated carbocycles. The first kappa shape index (κ1) is 16.4. The highest BCUT2D eigenvalue weighted by Gasteiger charge is 2.02. The third-order valence-electron chi connectivity index (χ3n) is 3.25. The lowest BCUT2D eigenvalue weighted by Gasteiger charge is -2.08. The van der Waals surface area contributed by atoms with Gasteiger partial charge in [-0.2, -0.15) is 0 Å². The summed E-state index contributed by atoms with van der Waals surface area (Å²) in [6.45, 7) is 2.72. The fraction of sp³-hybridized carbons (Fsp3) is 0.278. The molecule has 0 unspecified atom stereocenters. The Morgan fingerprint density at radius 2 is 1.95 bits per heavy atom. The third kappa shape index (κ3) is 5.78. The molecule has 1 amide bonds. The van der Waals surface area contributed by atoms with E-state index >= 15 is 0 Å². The van der Waals surface area contributed by atoms with Crippen molar-refractivity contribution in [3.63, 3.8) is 0 Å². The first-order valence-electron chi connectivity index (χ1n) is 7.34. The molecule has 4 heteroatoms. The molecule has 0 atom stereocenters. The SMILES string of the molecule is Cc1ccc(CCCNC(=O)COc2cccc(Cl)c2)cc1. The monoisotopic (exact) mass is 317 g/mol. The van der Waals surface area contributed by atoms with Crippen LogP contribution >= 0.6 is 11.6 Å². The molecule has 3 nitrogen and oxygen atoms in total. The highest BCUT2D eigenvalue weighted by Crippen LogP contribution is 2.16. The first-order chi connectivity index (χ1) is 10.6. The van der Waals surface area contributed by atoms with Crippen molar-refractivity contribution in [1.29, 1.82) is 0 Å². The van der Waals surface area contributed by atoms with Crippen LogP contribution in [0, 0.1) is 6.92 Å². The first-order valence-corrected chi connectivity index (χ1v) is 7.72. The van der Waals surface area contributed by atoms with Crippen molar-refractivity contribution in [3.8, 4) is 5.75 Å². The third-order valence-corrected chi connectivity index (χ3v) is 3.49. The number of carbonyl (C=O) groups is 1. The van der Waals surface area contributed by atoms with Crippen LogP contribution in [0.5, 0.6) is 5.75 Å². The molecule has 0 bridgehead atoms. The highest BCUT2D eigenvalue weighted by molar-refractivity contribution is 6.30. The molecule has 0 saturated heterocycles. The molecular weight excluding hydrogens is 298 g/mol. The van der Waals surface area contributed by atoms with Gasteiger partial charge in [-0.25, -0.2) is 0 Å². The molecular formula is C18H20ClNO2. The minimum absolute atomic E-state index is 0.00484. The van der Waals surface area contributed by atoms with Crippen molar-refractivity contribution >= 4 is 17.5 Å². The second-order valence-corrected chi connectivity index (χ2v) is 5.62. The molecule has 1 N–H and O–H groups in total. The molecule has 0 fully saturated rings. The van der Waals surface area contributed by atoms with E-state index in [1.54, 1.807) is 24.3 Å². The summed E-state index contributed by atoms with van der Waals surface area (Å²) in [7, 11) is 0. The summed E-state index contributed by atoms with van der Waals surface area (Å²) in [4.78, 5) is 11.7. The van der Waals surface area contributed by atoms with E-state index in [4.69, 9.17) is 16.3 Å². The molecule has 0 aliphatic carbocycles. The molecule has 0 radical (unpaired) electrons. The number of halogens is 1. The molecule has 116 valence electrons. The maximum absolute atomic E-state index is 11.7. The Labute approximate surface area is 136 Å².